The van der Waals surface area contributed by atoms with Crippen LogP contribution in [0.25, 0.3) is 0 Å². The van der Waals surface area contributed by atoms with E-state index in [0.717, 1.165) is 25.7 Å². The van der Waals surface area contributed by atoms with Crippen molar-refractivity contribution in [3.63, 3.8) is 0 Å². The first-order valence-corrected chi connectivity index (χ1v) is 6.60. The molecule has 1 rings (SSSR count). The first-order valence-electron chi connectivity index (χ1n) is 6.60. The topological polar surface area (TPSA) is 55.6 Å². The molecule has 0 aromatic rings. The summed E-state index contributed by atoms with van der Waals surface area (Å²) in [7, 11) is 1.81. The second-order valence-electron chi connectivity index (χ2n) is 5.33. The van der Waals surface area contributed by atoms with Crippen LogP contribution in [0.1, 0.15) is 46.0 Å². The van der Waals surface area contributed by atoms with Crippen LogP contribution in [-0.2, 0) is 9.53 Å². The molecule has 1 amide bonds. The van der Waals surface area contributed by atoms with Gasteiger partial charge in [0.05, 0.1) is 5.60 Å². The molecule has 1 saturated carbocycles. The Morgan fingerprint density at radius 1 is 1.35 bits per heavy atom. The molecule has 0 spiro atoms. The molecule has 1 aliphatic carbocycles. The van der Waals surface area contributed by atoms with Crippen LogP contribution >= 0.6 is 0 Å². The maximum Gasteiger partial charge on any atom is 0.248 e. The Hall–Kier alpha value is -0.610. The third-order valence-corrected chi connectivity index (χ3v) is 3.81. The van der Waals surface area contributed by atoms with Gasteiger partial charge in [0, 0.05) is 19.6 Å². The minimum atomic E-state index is -0.244. The van der Waals surface area contributed by atoms with E-state index in [0.29, 0.717) is 6.54 Å². The van der Waals surface area contributed by atoms with Crippen molar-refractivity contribution in [1.29, 1.82) is 0 Å². The molecular formula is C13H26N2O2. The van der Waals surface area contributed by atoms with Gasteiger partial charge in [0.2, 0.25) is 5.91 Å². The molecular weight excluding hydrogens is 216 g/mol. The van der Waals surface area contributed by atoms with E-state index in [-0.39, 0.29) is 24.2 Å². The molecule has 0 aromatic carbocycles. The van der Waals surface area contributed by atoms with E-state index >= 15 is 0 Å². The second kappa shape index (κ2) is 6.36. The van der Waals surface area contributed by atoms with Crippen molar-refractivity contribution in [2.45, 2.75) is 57.6 Å². The smallest absolute Gasteiger partial charge is 0.248 e. The van der Waals surface area contributed by atoms with Crippen molar-refractivity contribution in [3.8, 4) is 0 Å². The highest BCUT2D eigenvalue weighted by molar-refractivity contribution is 5.77. The Balaban J connectivity index is 2.44. The van der Waals surface area contributed by atoms with Crippen LogP contribution in [0.2, 0.25) is 0 Å². The Morgan fingerprint density at radius 2 is 1.94 bits per heavy atom. The Bertz CT molecular complexity index is 248. The third-order valence-electron chi connectivity index (χ3n) is 3.81. The van der Waals surface area contributed by atoms with E-state index in [1.807, 2.05) is 20.9 Å². The van der Waals surface area contributed by atoms with Crippen LogP contribution in [0.15, 0.2) is 0 Å². The lowest BCUT2D eigenvalue weighted by Crippen LogP contribution is -2.45. The zero-order valence-corrected chi connectivity index (χ0v) is 11.4. The zero-order valence-electron chi connectivity index (χ0n) is 11.4. The Labute approximate surface area is 104 Å². The predicted octanol–water partition coefficient (Wildman–Crippen LogP) is 1.53. The van der Waals surface area contributed by atoms with Crippen LogP contribution in [-0.4, -0.2) is 42.6 Å². The highest BCUT2D eigenvalue weighted by Gasteiger charge is 2.32. The van der Waals surface area contributed by atoms with Crippen LogP contribution in [0, 0.1) is 0 Å². The molecule has 4 heteroatoms. The molecule has 1 fully saturated rings. The number of nitrogens with zero attached hydrogens (tertiary/aromatic N) is 1. The van der Waals surface area contributed by atoms with Crippen LogP contribution < -0.4 is 5.73 Å². The fourth-order valence-corrected chi connectivity index (χ4v) is 2.21. The Kier molecular flexibility index (Phi) is 5.40. The molecule has 4 nitrogen and oxygen atoms in total. The minimum absolute atomic E-state index is 0.0402. The number of likely N-dealkylation sites (N-methyl/N-ethyl adjacent to an activating group) is 1. The number of hydrogen-bond donors (Lipinski definition) is 1. The normalized spacial score (nSPS) is 19.4. The summed E-state index contributed by atoms with van der Waals surface area (Å²) < 4.78 is 5.84. The van der Waals surface area contributed by atoms with Crippen molar-refractivity contribution >= 4 is 5.91 Å². The number of nitrogens with two attached hydrogens (primary N) is 1. The summed E-state index contributed by atoms with van der Waals surface area (Å²) >= 11 is 0. The minimum Gasteiger partial charge on any atom is -0.364 e. The molecule has 2 N–H and O–H groups in total. The van der Waals surface area contributed by atoms with E-state index < -0.39 is 0 Å². The molecule has 0 unspecified atom stereocenters. The maximum absolute atomic E-state index is 11.8. The average Bonchev–Trinajstić information content (AvgIpc) is 2.36. The van der Waals surface area contributed by atoms with Crippen molar-refractivity contribution in [2.24, 2.45) is 5.73 Å². The van der Waals surface area contributed by atoms with E-state index in [1.165, 1.54) is 6.42 Å². The fraction of sp³-hybridized carbons (Fsp3) is 0.923. The lowest BCUT2D eigenvalue weighted by Gasteiger charge is -2.36. The van der Waals surface area contributed by atoms with Gasteiger partial charge in [0.15, 0.2) is 0 Å². The van der Waals surface area contributed by atoms with E-state index in [9.17, 15) is 4.79 Å². The van der Waals surface area contributed by atoms with Gasteiger partial charge in [-0.05, 0) is 26.7 Å². The first kappa shape index (κ1) is 14.5. The number of amides is 1. The summed E-state index contributed by atoms with van der Waals surface area (Å²) in [5.41, 5.74) is 5.57. The second-order valence-corrected chi connectivity index (χ2v) is 5.33. The fourth-order valence-electron chi connectivity index (χ4n) is 2.21. The quantitative estimate of drug-likeness (QED) is 0.795. The summed E-state index contributed by atoms with van der Waals surface area (Å²) in [6.07, 6.45) is 5.55. The first-order chi connectivity index (χ1) is 8.01. The van der Waals surface area contributed by atoms with Gasteiger partial charge in [0.1, 0.15) is 6.61 Å². The molecule has 0 atom stereocenters. The SMILES string of the molecule is CC(C)N(C)C(=O)COC1(CN)CCCCC1. The number of carbonyl (C=O) groups excluding carboxylic acids is 1. The van der Waals surface area contributed by atoms with Gasteiger partial charge in [-0.15, -0.1) is 0 Å². The van der Waals surface area contributed by atoms with Crippen molar-refractivity contribution in [1.82, 2.24) is 4.90 Å². The summed E-state index contributed by atoms with van der Waals surface area (Å²) in [6.45, 7) is 4.67. The van der Waals surface area contributed by atoms with Crippen LogP contribution in [0.5, 0.6) is 0 Å². The maximum atomic E-state index is 11.8. The van der Waals surface area contributed by atoms with Gasteiger partial charge < -0.3 is 15.4 Å². The summed E-state index contributed by atoms with van der Waals surface area (Å²) in [6, 6.07) is 0.214. The summed E-state index contributed by atoms with van der Waals surface area (Å²) in [5, 5.41) is 0. The van der Waals surface area contributed by atoms with Gasteiger partial charge in [-0.2, -0.15) is 0 Å². The largest absolute Gasteiger partial charge is 0.364 e. The molecule has 0 bridgehead atoms. The van der Waals surface area contributed by atoms with Crippen molar-refractivity contribution < 1.29 is 9.53 Å². The third kappa shape index (κ3) is 3.96. The molecule has 0 heterocycles. The molecule has 0 aliphatic heterocycles. The molecule has 1 aliphatic rings. The zero-order chi connectivity index (χ0) is 12.9. The summed E-state index contributed by atoms with van der Waals surface area (Å²) in [4.78, 5) is 13.6. The molecule has 100 valence electrons. The van der Waals surface area contributed by atoms with Gasteiger partial charge in [-0.25, -0.2) is 0 Å². The highest BCUT2D eigenvalue weighted by Crippen LogP contribution is 2.30. The van der Waals surface area contributed by atoms with E-state index in [2.05, 4.69) is 0 Å². The number of hydrogen-bond acceptors (Lipinski definition) is 3. The van der Waals surface area contributed by atoms with Gasteiger partial charge in [0.25, 0.3) is 0 Å². The van der Waals surface area contributed by atoms with Gasteiger partial charge >= 0.3 is 0 Å². The number of ether oxygens (including phenoxy) is 1. The monoisotopic (exact) mass is 242 g/mol. The molecule has 0 saturated heterocycles. The Morgan fingerprint density at radius 3 is 2.41 bits per heavy atom. The molecule has 0 radical (unpaired) electrons. The lowest BCUT2D eigenvalue weighted by molar-refractivity contribution is -0.145. The summed E-state index contributed by atoms with van der Waals surface area (Å²) in [5.74, 6) is 0.0402. The highest BCUT2D eigenvalue weighted by atomic mass is 16.5. The van der Waals surface area contributed by atoms with E-state index in [4.69, 9.17) is 10.5 Å². The molecule has 17 heavy (non-hydrogen) atoms. The van der Waals surface area contributed by atoms with Gasteiger partial charge in [-0.1, -0.05) is 19.3 Å². The van der Waals surface area contributed by atoms with Gasteiger partial charge in [-0.3, -0.25) is 4.79 Å². The van der Waals surface area contributed by atoms with Crippen molar-refractivity contribution in [2.75, 3.05) is 20.2 Å². The van der Waals surface area contributed by atoms with Crippen LogP contribution in [0.3, 0.4) is 0 Å². The number of carbonyl (C=O) groups is 1. The van der Waals surface area contributed by atoms with Crippen LogP contribution in [0.4, 0.5) is 0 Å². The average molecular weight is 242 g/mol. The number of rotatable bonds is 5. The lowest BCUT2D eigenvalue weighted by atomic mass is 9.85. The van der Waals surface area contributed by atoms with E-state index in [1.54, 1.807) is 4.90 Å². The van der Waals surface area contributed by atoms with Crippen molar-refractivity contribution in [3.05, 3.63) is 0 Å². The predicted molar refractivity (Wildman–Crippen MR) is 68.7 cm³/mol. The molecule has 0 aromatic heterocycles. The standard InChI is InChI=1S/C13H26N2O2/c1-11(2)15(3)12(16)9-17-13(10-14)7-5-4-6-8-13/h11H,4-10,14H2,1-3H3.